The van der Waals surface area contributed by atoms with E-state index in [9.17, 15) is 9.18 Å². The van der Waals surface area contributed by atoms with Crippen LogP contribution in [0.3, 0.4) is 0 Å². The number of para-hydroxylation sites is 1. The van der Waals surface area contributed by atoms with Gasteiger partial charge in [0.05, 0.1) is 17.0 Å². The Labute approximate surface area is 158 Å². The number of nitrogens with zero attached hydrogens (tertiary/aromatic N) is 4. The standard InChI is InChI=1S/C19H13ClFN5O/c20-14-11-13(5-6-17(14)25-10-8-22-12-25)23-19(27)16-7-9-26(24-16)18-4-2-1-3-15(18)21/h1-12H,(H,23,27). The SMILES string of the molecule is O=C(Nc1ccc(-n2ccnc2)c(Cl)c1)c1ccn(-c2ccccc2F)n1. The van der Waals surface area contributed by atoms with Gasteiger partial charge in [0.1, 0.15) is 11.5 Å². The van der Waals surface area contributed by atoms with Crippen molar-refractivity contribution >= 4 is 23.2 Å². The van der Waals surface area contributed by atoms with E-state index in [0.29, 0.717) is 10.7 Å². The minimum absolute atomic E-state index is 0.160. The first-order valence-electron chi connectivity index (χ1n) is 8.01. The van der Waals surface area contributed by atoms with E-state index in [1.807, 2.05) is 0 Å². The van der Waals surface area contributed by atoms with E-state index < -0.39 is 11.7 Å². The maximum Gasteiger partial charge on any atom is 0.276 e. The molecule has 0 aliphatic rings. The zero-order valence-electron chi connectivity index (χ0n) is 13.9. The highest BCUT2D eigenvalue weighted by atomic mass is 35.5. The zero-order valence-corrected chi connectivity index (χ0v) is 14.6. The molecule has 2 aromatic carbocycles. The first kappa shape index (κ1) is 17.0. The number of hydrogen-bond acceptors (Lipinski definition) is 3. The Morgan fingerprint density at radius 1 is 1.07 bits per heavy atom. The fraction of sp³-hybridized carbons (Fsp3) is 0. The lowest BCUT2D eigenvalue weighted by Crippen LogP contribution is -2.13. The van der Waals surface area contributed by atoms with Gasteiger partial charge in [0, 0.05) is 24.3 Å². The van der Waals surface area contributed by atoms with Crippen molar-refractivity contribution < 1.29 is 9.18 Å². The number of aromatic nitrogens is 4. The number of carbonyl (C=O) groups excluding carboxylic acids is 1. The predicted molar refractivity (Wildman–Crippen MR) is 100 cm³/mol. The molecule has 0 saturated heterocycles. The van der Waals surface area contributed by atoms with Gasteiger partial charge in [0.15, 0.2) is 5.69 Å². The van der Waals surface area contributed by atoms with Crippen LogP contribution in [-0.4, -0.2) is 25.2 Å². The summed E-state index contributed by atoms with van der Waals surface area (Å²) in [5.74, 6) is -0.842. The Kier molecular flexibility index (Phi) is 4.43. The van der Waals surface area contributed by atoms with E-state index in [4.69, 9.17) is 11.6 Å². The highest BCUT2D eigenvalue weighted by Gasteiger charge is 2.13. The molecule has 2 heterocycles. The van der Waals surface area contributed by atoms with Gasteiger partial charge >= 0.3 is 0 Å². The van der Waals surface area contributed by atoms with Gasteiger partial charge < -0.3 is 9.88 Å². The first-order valence-corrected chi connectivity index (χ1v) is 8.39. The molecule has 1 N–H and O–H groups in total. The van der Waals surface area contributed by atoms with Crippen molar-refractivity contribution in [3.63, 3.8) is 0 Å². The number of carbonyl (C=O) groups is 1. The first-order chi connectivity index (χ1) is 13.1. The van der Waals surface area contributed by atoms with Crippen LogP contribution >= 0.6 is 11.6 Å². The summed E-state index contributed by atoms with van der Waals surface area (Å²) in [6.45, 7) is 0. The van der Waals surface area contributed by atoms with Crippen LogP contribution in [0.5, 0.6) is 0 Å². The fourth-order valence-corrected chi connectivity index (χ4v) is 2.89. The maximum absolute atomic E-state index is 13.8. The van der Waals surface area contributed by atoms with Crippen LogP contribution in [-0.2, 0) is 0 Å². The third-order valence-corrected chi connectivity index (χ3v) is 4.21. The van der Waals surface area contributed by atoms with Gasteiger partial charge in [-0.3, -0.25) is 4.79 Å². The van der Waals surface area contributed by atoms with Gasteiger partial charge in [0.2, 0.25) is 0 Å². The van der Waals surface area contributed by atoms with E-state index >= 15 is 0 Å². The van der Waals surface area contributed by atoms with Crippen LogP contribution in [0.15, 0.2) is 73.4 Å². The highest BCUT2D eigenvalue weighted by Crippen LogP contribution is 2.24. The lowest BCUT2D eigenvalue weighted by molar-refractivity contribution is 0.102. The van der Waals surface area contributed by atoms with Crippen LogP contribution in [0.25, 0.3) is 11.4 Å². The molecule has 0 unspecified atom stereocenters. The third-order valence-electron chi connectivity index (χ3n) is 3.91. The second-order valence-corrected chi connectivity index (χ2v) is 6.09. The monoisotopic (exact) mass is 381 g/mol. The topological polar surface area (TPSA) is 64.7 Å². The van der Waals surface area contributed by atoms with Crippen LogP contribution in [0.1, 0.15) is 10.5 Å². The maximum atomic E-state index is 13.8. The van der Waals surface area contributed by atoms with Crippen molar-refractivity contribution in [2.45, 2.75) is 0 Å². The van der Waals surface area contributed by atoms with Crippen molar-refractivity contribution in [2.75, 3.05) is 5.32 Å². The molecule has 134 valence electrons. The molecule has 0 aliphatic heterocycles. The van der Waals surface area contributed by atoms with E-state index in [-0.39, 0.29) is 11.4 Å². The summed E-state index contributed by atoms with van der Waals surface area (Å²) in [5, 5.41) is 7.33. The van der Waals surface area contributed by atoms with Crippen molar-refractivity contribution in [1.29, 1.82) is 0 Å². The molecule has 0 aliphatic carbocycles. The smallest absolute Gasteiger partial charge is 0.276 e. The number of amides is 1. The summed E-state index contributed by atoms with van der Waals surface area (Å²) in [6.07, 6.45) is 6.59. The second-order valence-electron chi connectivity index (χ2n) is 5.69. The third kappa shape index (κ3) is 3.45. The molecule has 0 bridgehead atoms. The largest absolute Gasteiger partial charge is 0.321 e. The number of halogens is 2. The number of nitrogens with one attached hydrogen (secondary N) is 1. The lowest BCUT2D eigenvalue weighted by Gasteiger charge is -2.08. The number of rotatable bonds is 4. The van der Waals surface area contributed by atoms with Gasteiger partial charge in [-0.2, -0.15) is 5.10 Å². The molecule has 2 aromatic heterocycles. The van der Waals surface area contributed by atoms with E-state index in [0.717, 1.165) is 5.69 Å². The summed E-state index contributed by atoms with van der Waals surface area (Å²) in [7, 11) is 0. The Morgan fingerprint density at radius 2 is 1.93 bits per heavy atom. The quantitative estimate of drug-likeness (QED) is 0.578. The zero-order chi connectivity index (χ0) is 18.8. The summed E-state index contributed by atoms with van der Waals surface area (Å²) in [6, 6.07) is 12.9. The molecule has 4 aromatic rings. The molecule has 0 fully saturated rings. The molecule has 1 amide bonds. The van der Waals surface area contributed by atoms with Gasteiger partial charge in [-0.15, -0.1) is 0 Å². The number of hydrogen-bond donors (Lipinski definition) is 1. The second kappa shape index (κ2) is 7.05. The van der Waals surface area contributed by atoms with Crippen molar-refractivity contribution in [3.05, 3.63) is 90.0 Å². The molecule has 4 rings (SSSR count). The number of benzene rings is 2. The number of imidazole rings is 1. The minimum atomic E-state index is -0.422. The number of anilines is 1. The van der Waals surface area contributed by atoms with Crippen molar-refractivity contribution in [2.24, 2.45) is 0 Å². The summed E-state index contributed by atoms with van der Waals surface area (Å²) >= 11 is 6.29. The Hall–Kier alpha value is -3.45. The van der Waals surface area contributed by atoms with E-state index in [2.05, 4.69) is 15.4 Å². The van der Waals surface area contributed by atoms with Crippen molar-refractivity contribution in [3.8, 4) is 11.4 Å². The van der Waals surface area contributed by atoms with E-state index in [1.54, 1.807) is 59.7 Å². The summed E-state index contributed by atoms with van der Waals surface area (Å²) < 4.78 is 16.9. The fourth-order valence-electron chi connectivity index (χ4n) is 2.61. The van der Waals surface area contributed by atoms with Gasteiger partial charge in [-0.1, -0.05) is 23.7 Å². The predicted octanol–water partition coefficient (Wildman–Crippen LogP) is 4.10. The molecular formula is C19H13ClFN5O. The highest BCUT2D eigenvalue weighted by molar-refractivity contribution is 6.32. The van der Waals surface area contributed by atoms with Crippen LogP contribution < -0.4 is 5.32 Å². The Balaban J connectivity index is 1.53. The normalized spacial score (nSPS) is 10.7. The van der Waals surface area contributed by atoms with Gasteiger partial charge in [-0.05, 0) is 36.4 Å². The average Bonchev–Trinajstić information content (AvgIpc) is 3.34. The summed E-state index contributed by atoms with van der Waals surface area (Å²) in [4.78, 5) is 16.4. The molecule has 0 spiro atoms. The van der Waals surface area contributed by atoms with Crippen LogP contribution in [0, 0.1) is 5.82 Å². The molecule has 27 heavy (non-hydrogen) atoms. The Morgan fingerprint density at radius 3 is 2.67 bits per heavy atom. The Bertz CT molecular complexity index is 1110. The molecule has 0 radical (unpaired) electrons. The molecule has 8 heteroatoms. The molecule has 0 saturated carbocycles. The molecular weight excluding hydrogens is 369 g/mol. The van der Waals surface area contributed by atoms with Crippen LogP contribution in [0.2, 0.25) is 5.02 Å². The van der Waals surface area contributed by atoms with Crippen molar-refractivity contribution in [1.82, 2.24) is 19.3 Å². The molecule has 0 atom stereocenters. The van der Waals surface area contributed by atoms with Gasteiger partial charge in [-0.25, -0.2) is 14.1 Å². The van der Waals surface area contributed by atoms with Gasteiger partial charge in [0.25, 0.3) is 5.91 Å². The lowest BCUT2D eigenvalue weighted by atomic mass is 10.2. The van der Waals surface area contributed by atoms with Crippen LogP contribution in [0.4, 0.5) is 10.1 Å². The average molecular weight is 382 g/mol. The van der Waals surface area contributed by atoms with E-state index in [1.165, 1.54) is 23.0 Å². The summed E-state index contributed by atoms with van der Waals surface area (Å²) in [5.41, 5.74) is 1.70. The molecule has 6 nitrogen and oxygen atoms in total. The minimum Gasteiger partial charge on any atom is -0.321 e.